The van der Waals surface area contributed by atoms with E-state index in [2.05, 4.69) is 31.4 Å². The number of hydrogen-bond donors (Lipinski definition) is 2. The van der Waals surface area contributed by atoms with Crippen molar-refractivity contribution >= 4 is 29.2 Å². The normalized spacial score (nSPS) is 11.2. The molecule has 0 spiro atoms. The van der Waals surface area contributed by atoms with Crippen LogP contribution in [0.1, 0.15) is 43.6 Å². The van der Waals surface area contributed by atoms with Gasteiger partial charge in [-0.1, -0.05) is 39.0 Å². The fraction of sp³-hybridized carbons (Fsp3) is 0.261. The van der Waals surface area contributed by atoms with Crippen LogP contribution in [0.3, 0.4) is 0 Å². The van der Waals surface area contributed by atoms with Gasteiger partial charge in [-0.2, -0.15) is 0 Å². The van der Waals surface area contributed by atoms with Gasteiger partial charge in [0, 0.05) is 29.1 Å². The molecule has 0 heterocycles. The number of ether oxygens (including phenoxy) is 1. The summed E-state index contributed by atoms with van der Waals surface area (Å²) in [7, 11) is 0. The largest absolute Gasteiger partial charge is 0.463 e. The highest BCUT2D eigenvalue weighted by atomic mass is 16.5. The number of benzene rings is 2. The Labute approximate surface area is 171 Å². The van der Waals surface area contributed by atoms with Gasteiger partial charge in [0.2, 0.25) is 5.91 Å². The van der Waals surface area contributed by atoms with Gasteiger partial charge in [0.1, 0.15) is 0 Å². The minimum absolute atomic E-state index is 0.0171. The zero-order chi connectivity index (χ0) is 21.4. The van der Waals surface area contributed by atoms with Gasteiger partial charge in [0.15, 0.2) is 0 Å². The van der Waals surface area contributed by atoms with Gasteiger partial charge in [0.25, 0.3) is 5.91 Å². The number of amides is 2. The first-order chi connectivity index (χ1) is 13.7. The van der Waals surface area contributed by atoms with Crippen molar-refractivity contribution in [3.8, 4) is 0 Å². The molecular weight excluding hydrogens is 368 g/mol. The first kappa shape index (κ1) is 21.9. The average molecular weight is 394 g/mol. The highest BCUT2D eigenvalue weighted by molar-refractivity contribution is 6.05. The van der Waals surface area contributed by atoms with Crippen LogP contribution in [0.4, 0.5) is 11.4 Å². The Balaban J connectivity index is 2.01. The second kappa shape index (κ2) is 9.68. The lowest BCUT2D eigenvalue weighted by atomic mass is 9.87. The predicted octanol–water partition coefficient (Wildman–Crippen LogP) is 4.29. The van der Waals surface area contributed by atoms with Crippen molar-refractivity contribution in [3.63, 3.8) is 0 Å². The molecule has 2 amide bonds. The van der Waals surface area contributed by atoms with Gasteiger partial charge in [-0.15, -0.1) is 0 Å². The summed E-state index contributed by atoms with van der Waals surface area (Å²) in [5.41, 5.74) is 2.74. The first-order valence-electron chi connectivity index (χ1n) is 9.37. The lowest BCUT2D eigenvalue weighted by Crippen LogP contribution is -2.14. The Kier molecular flexibility index (Phi) is 7.31. The zero-order valence-corrected chi connectivity index (χ0v) is 17.1. The number of hydrogen-bond acceptors (Lipinski definition) is 4. The summed E-state index contributed by atoms with van der Waals surface area (Å²) in [6.45, 7) is 8.27. The summed E-state index contributed by atoms with van der Waals surface area (Å²) in [5.74, 6) is -1.29. The molecule has 0 aromatic heterocycles. The standard InChI is InChI=1S/C23H26N2O4/c1-5-29-21(27)14-13-20(26)24-18-7-6-8-19(15-18)25-22(28)16-9-11-17(12-10-16)23(2,3)4/h6-15H,5H2,1-4H3,(H,24,26)(H,25,28)/b14-13+. The van der Waals surface area contributed by atoms with Crippen molar-refractivity contribution in [1.82, 2.24) is 0 Å². The summed E-state index contributed by atoms with van der Waals surface area (Å²) in [4.78, 5) is 35.6. The highest BCUT2D eigenvalue weighted by Crippen LogP contribution is 2.22. The van der Waals surface area contributed by atoms with Gasteiger partial charge in [-0.3, -0.25) is 9.59 Å². The molecule has 29 heavy (non-hydrogen) atoms. The third-order valence-electron chi connectivity index (χ3n) is 4.06. The Hall–Kier alpha value is -3.41. The van der Waals surface area contributed by atoms with E-state index in [-0.39, 0.29) is 17.9 Å². The second-order valence-electron chi connectivity index (χ2n) is 7.44. The molecule has 0 saturated heterocycles. The summed E-state index contributed by atoms with van der Waals surface area (Å²) in [6.07, 6.45) is 2.16. The van der Waals surface area contributed by atoms with E-state index in [0.717, 1.165) is 17.7 Å². The molecule has 0 unspecified atom stereocenters. The molecule has 2 aromatic rings. The molecule has 6 nitrogen and oxygen atoms in total. The molecule has 2 aromatic carbocycles. The second-order valence-corrected chi connectivity index (χ2v) is 7.44. The quantitative estimate of drug-likeness (QED) is 0.565. The van der Waals surface area contributed by atoms with E-state index in [9.17, 15) is 14.4 Å². The van der Waals surface area contributed by atoms with Crippen LogP contribution in [0.15, 0.2) is 60.7 Å². The van der Waals surface area contributed by atoms with Crippen molar-refractivity contribution in [2.45, 2.75) is 33.1 Å². The number of rotatable bonds is 6. The fourth-order valence-electron chi connectivity index (χ4n) is 2.52. The van der Waals surface area contributed by atoms with Crippen molar-refractivity contribution in [1.29, 1.82) is 0 Å². The lowest BCUT2D eigenvalue weighted by Gasteiger charge is -2.19. The number of anilines is 2. The van der Waals surface area contributed by atoms with Crippen LogP contribution in [0.5, 0.6) is 0 Å². The van der Waals surface area contributed by atoms with Crippen molar-refractivity contribution < 1.29 is 19.1 Å². The molecule has 152 valence electrons. The predicted molar refractivity (Wildman–Crippen MR) is 114 cm³/mol. The Bertz CT molecular complexity index is 909. The molecular formula is C23H26N2O4. The Morgan fingerprint density at radius 2 is 1.55 bits per heavy atom. The van der Waals surface area contributed by atoms with Gasteiger partial charge in [-0.05, 0) is 48.2 Å². The van der Waals surface area contributed by atoms with Gasteiger partial charge in [0.05, 0.1) is 6.61 Å². The molecule has 6 heteroatoms. The maximum absolute atomic E-state index is 12.5. The van der Waals surface area contributed by atoms with E-state index in [1.807, 2.05) is 12.1 Å². The molecule has 0 fully saturated rings. The molecule has 0 aliphatic carbocycles. The molecule has 0 aliphatic heterocycles. The van der Waals surface area contributed by atoms with E-state index in [0.29, 0.717) is 16.9 Å². The minimum Gasteiger partial charge on any atom is -0.463 e. The van der Waals surface area contributed by atoms with E-state index in [1.54, 1.807) is 43.3 Å². The molecule has 0 atom stereocenters. The number of carbonyl (C=O) groups excluding carboxylic acids is 3. The minimum atomic E-state index is -0.582. The highest BCUT2D eigenvalue weighted by Gasteiger charge is 2.14. The van der Waals surface area contributed by atoms with E-state index in [4.69, 9.17) is 4.74 Å². The number of nitrogens with one attached hydrogen (secondary N) is 2. The third-order valence-corrected chi connectivity index (χ3v) is 4.06. The third kappa shape index (κ3) is 6.92. The van der Waals surface area contributed by atoms with E-state index >= 15 is 0 Å². The summed E-state index contributed by atoms with van der Waals surface area (Å²) in [6, 6.07) is 14.2. The maximum atomic E-state index is 12.5. The summed E-state index contributed by atoms with van der Waals surface area (Å²) >= 11 is 0. The monoisotopic (exact) mass is 394 g/mol. The molecule has 2 rings (SSSR count). The maximum Gasteiger partial charge on any atom is 0.330 e. The topological polar surface area (TPSA) is 84.5 Å². The zero-order valence-electron chi connectivity index (χ0n) is 17.1. The van der Waals surface area contributed by atoms with E-state index in [1.165, 1.54) is 0 Å². The van der Waals surface area contributed by atoms with Crippen LogP contribution in [-0.4, -0.2) is 24.4 Å². The summed E-state index contributed by atoms with van der Waals surface area (Å²) in [5, 5.41) is 5.45. The molecule has 0 aliphatic rings. The molecule has 0 saturated carbocycles. The first-order valence-corrected chi connectivity index (χ1v) is 9.37. The van der Waals surface area contributed by atoms with Gasteiger partial charge in [-0.25, -0.2) is 4.79 Å². The van der Waals surface area contributed by atoms with E-state index < -0.39 is 11.9 Å². The molecule has 0 bridgehead atoms. The SMILES string of the molecule is CCOC(=O)/C=C/C(=O)Nc1cccc(NC(=O)c2ccc(C(C)(C)C)cc2)c1. The van der Waals surface area contributed by atoms with Crippen LogP contribution in [-0.2, 0) is 19.7 Å². The van der Waals surface area contributed by atoms with Crippen LogP contribution < -0.4 is 10.6 Å². The van der Waals surface area contributed by atoms with Crippen LogP contribution in [0.25, 0.3) is 0 Å². The fourth-order valence-corrected chi connectivity index (χ4v) is 2.52. The number of esters is 1. The average Bonchev–Trinajstić information content (AvgIpc) is 2.66. The van der Waals surface area contributed by atoms with Crippen LogP contribution in [0.2, 0.25) is 0 Å². The molecule has 0 radical (unpaired) electrons. The molecule has 2 N–H and O–H groups in total. The Morgan fingerprint density at radius 1 is 0.931 bits per heavy atom. The smallest absolute Gasteiger partial charge is 0.330 e. The van der Waals surface area contributed by atoms with Crippen molar-refractivity contribution in [3.05, 3.63) is 71.8 Å². The van der Waals surface area contributed by atoms with Crippen molar-refractivity contribution in [2.75, 3.05) is 17.2 Å². The van der Waals surface area contributed by atoms with Gasteiger partial charge >= 0.3 is 5.97 Å². The Morgan fingerprint density at radius 3 is 2.14 bits per heavy atom. The van der Waals surface area contributed by atoms with Gasteiger partial charge < -0.3 is 15.4 Å². The van der Waals surface area contributed by atoms with Crippen LogP contribution >= 0.6 is 0 Å². The van der Waals surface area contributed by atoms with Crippen molar-refractivity contribution in [2.24, 2.45) is 0 Å². The number of carbonyl (C=O) groups is 3. The van der Waals surface area contributed by atoms with Crippen LogP contribution in [0, 0.1) is 0 Å². The lowest BCUT2D eigenvalue weighted by molar-refractivity contribution is -0.137. The summed E-state index contributed by atoms with van der Waals surface area (Å²) < 4.78 is 4.72.